The molecular formula is C19H17BrFNO. The zero-order valence-electron chi connectivity index (χ0n) is 12.9. The molecule has 1 unspecified atom stereocenters. The number of hydrogen-bond donors (Lipinski definition) is 0. The number of ether oxygens (including phenoxy) is 1. The summed E-state index contributed by atoms with van der Waals surface area (Å²) in [5.41, 5.74) is 4.70. The molecule has 0 saturated carbocycles. The largest absolute Gasteiger partial charge is 0.375 e. The van der Waals surface area contributed by atoms with Crippen LogP contribution in [-0.4, -0.2) is 11.7 Å². The molecule has 2 aromatic carbocycles. The quantitative estimate of drug-likeness (QED) is 0.613. The number of aryl methyl sites for hydroxylation is 1. The normalized spacial score (nSPS) is 16.9. The fourth-order valence-electron chi connectivity index (χ4n) is 3.69. The van der Waals surface area contributed by atoms with Crippen LogP contribution in [0.3, 0.4) is 0 Å². The topological polar surface area (TPSA) is 14.2 Å². The average Bonchev–Trinajstić information content (AvgIpc) is 3.08. The van der Waals surface area contributed by atoms with E-state index in [1.54, 1.807) is 19.2 Å². The smallest absolute Gasteiger partial charge is 0.125 e. The Balaban J connectivity index is 1.98. The van der Waals surface area contributed by atoms with Gasteiger partial charge in [0.1, 0.15) is 5.82 Å². The molecule has 0 aliphatic heterocycles. The highest BCUT2D eigenvalue weighted by Gasteiger charge is 2.31. The summed E-state index contributed by atoms with van der Waals surface area (Å²) in [5, 5.41) is 1.00. The maximum absolute atomic E-state index is 13.9. The Labute approximate surface area is 143 Å². The number of halogens is 2. The van der Waals surface area contributed by atoms with E-state index in [9.17, 15) is 4.39 Å². The van der Waals surface area contributed by atoms with Crippen molar-refractivity contribution in [1.82, 2.24) is 4.57 Å². The van der Waals surface area contributed by atoms with Crippen molar-refractivity contribution in [3.63, 3.8) is 0 Å². The Kier molecular flexibility index (Phi) is 3.74. The van der Waals surface area contributed by atoms with E-state index in [0.29, 0.717) is 0 Å². The van der Waals surface area contributed by atoms with Crippen LogP contribution in [0.5, 0.6) is 0 Å². The summed E-state index contributed by atoms with van der Waals surface area (Å²) in [6.45, 7) is 0.761. The molecule has 0 radical (unpaired) electrons. The van der Waals surface area contributed by atoms with E-state index >= 15 is 0 Å². The van der Waals surface area contributed by atoms with Crippen molar-refractivity contribution in [3.8, 4) is 0 Å². The van der Waals surface area contributed by atoms with E-state index in [1.165, 1.54) is 16.8 Å². The molecule has 0 fully saturated rings. The van der Waals surface area contributed by atoms with Crippen molar-refractivity contribution >= 4 is 26.8 Å². The van der Waals surface area contributed by atoms with Gasteiger partial charge in [0.05, 0.1) is 17.3 Å². The summed E-state index contributed by atoms with van der Waals surface area (Å²) in [5.74, 6) is -0.204. The molecule has 118 valence electrons. The zero-order chi connectivity index (χ0) is 16.0. The fraction of sp³-hybridized carbons (Fsp3) is 0.263. The maximum atomic E-state index is 13.9. The first-order valence-corrected chi connectivity index (χ1v) is 8.55. The van der Waals surface area contributed by atoms with Crippen molar-refractivity contribution in [2.24, 2.45) is 0 Å². The molecule has 0 amide bonds. The van der Waals surface area contributed by atoms with Gasteiger partial charge in [-0.05, 0) is 52.0 Å². The number of hydrogen-bond acceptors (Lipinski definition) is 1. The lowest BCUT2D eigenvalue weighted by Crippen LogP contribution is -2.08. The molecule has 3 aromatic rings. The molecule has 1 aliphatic rings. The van der Waals surface area contributed by atoms with Crippen LogP contribution in [0.25, 0.3) is 10.9 Å². The highest BCUT2D eigenvalue weighted by Crippen LogP contribution is 2.43. The molecular weight excluding hydrogens is 357 g/mol. The number of benzene rings is 2. The first-order chi connectivity index (χ1) is 11.2. The van der Waals surface area contributed by atoms with E-state index in [-0.39, 0.29) is 11.9 Å². The van der Waals surface area contributed by atoms with E-state index < -0.39 is 0 Å². The van der Waals surface area contributed by atoms with Crippen LogP contribution in [0, 0.1) is 5.82 Å². The third kappa shape index (κ3) is 2.41. The van der Waals surface area contributed by atoms with Crippen LogP contribution in [-0.2, 0) is 17.7 Å². The van der Waals surface area contributed by atoms with Gasteiger partial charge >= 0.3 is 0 Å². The van der Waals surface area contributed by atoms with Crippen molar-refractivity contribution in [2.45, 2.75) is 25.5 Å². The Hall–Kier alpha value is -1.65. The minimum absolute atomic E-state index is 0.0797. The Bertz CT molecular complexity index is 872. The van der Waals surface area contributed by atoms with Gasteiger partial charge in [0.2, 0.25) is 0 Å². The van der Waals surface area contributed by atoms with E-state index in [0.717, 1.165) is 34.8 Å². The van der Waals surface area contributed by atoms with Gasteiger partial charge in [0.15, 0.2) is 0 Å². The maximum Gasteiger partial charge on any atom is 0.125 e. The van der Waals surface area contributed by atoms with Crippen LogP contribution in [0.1, 0.15) is 29.3 Å². The molecule has 4 heteroatoms. The molecule has 1 aromatic heterocycles. The first-order valence-electron chi connectivity index (χ1n) is 7.75. The molecule has 0 bridgehead atoms. The standard InChI is InChI=1S/C19H17BrFNO/c1-23-17-8-7-14-15-9-13(21)10-16(20)18(15)22(19(14)17)11-12-5-3-2-4-6-12/h2-6,9-10,17H,7-8,11H2,1H3. The van der Waals surface area contributed by atoms with Gasteiger partial charge in [-0.2, -0.15) is 0 Å². The van der Waals surface area contributed by atoms with Crippen LogP contribution < -0.4 is 0 Å². The summed E-state index contributed by atoms with van der Waals surface area (Å²) in [6, 6.07) is 13.5. The van der Waals surface area contributed by atoms with Gasteiger partial charge in [0, 0.05) is 23.5 Å². The molecule has 1 aliphatic carbocycles. The van der Waals surface area contributed by atoms with E-state index in [1.807, 2.05) is 18.2 Å². The second kappa shape index (κ2) is 5.77. The summed E-state index contributed by atoms with van der Waals surface area (Å²) in [6.07, 6.45) is 1.97. The summed E-state index contributed by atoms with van der Waals surface area (Å²) in [4.78, 5) is 0. The highest BCUT2D eigenvalue weighted by atomic mass is 79.9. The second-order valence-corrected chi connectivity index (χ2v) is 6.84. The van der Waals surface area contributed by atoms with Gasteiger partial charge < -0.3 is 9.30 Å². The van der Waals surface area contributed by atoms with Crippen molar-refractivity contribution in [3.05, 3.63) is 69.6 Å². The summed E-state index contributed by atoms with van der Waals surface area (Å²) < 4.78 is 22.7. The van der Waals surface area contributed by atoms with Gasteiger partial charge in [-0.1, -0.05) is 30.3 Å². The van der Waals surface area contributed by atoms with Crippen molar-refractivity contribution in [2.75, 3.05) is 7.11 Å². The van der Waals surface area contributed by atoms with Gasteiger partial charge in [-0.15, -0.1) is 0 Å². The van der Waals surface area contributed by atoms with Crippen molar-refractivity contribution < 1.29 is 9.13 Å². The Morgan fingerprint density at radius 2 is 2.04 bits per heavy atom. The van der Waals surface area contributed by atoms with Gasteiger partial charge in [-0.3, -0.25) is 0 Å². The Morgan fingerprint density at radius 1 is 1.26 bits per heavy atom. The van der Waals surface area contributed by atoms with Crippen LogP contribution in [0.2, 0.25) is 0 Å². The number of rotatable bonds is 3. The predicted molar refractivity (Wildman–Crippen MR) is 93.2 cm³/mol. The lowest BCUT2D eigenvalue weighted by molar-refractivity contribution is 0.0991. The zero-order valence-corrected chi connectivity index (χ0v) is 14.4. The second-order valence-electron chi connectivity index (χ2n) is 5.98. The SMILES string of the molecule is COC1CCc2c1n(Cc1ccccc1)c1c(Br)cc(F)cc21. The monoisotopic (exact) mass is 373 g/mol. The summed E-state index contributed by atoms with van der Waals surface area (Å²) >= 11 is 3.55. The van der Waals surface area contributed by atoms with E-state index in [2.05, 4.69) is 32.6 Å². The van der Waals surface area contributed by atoms with Crippen molar-refractivity contribution in [1.29, 1.82) is 0 Å². The number of aromatic nitrogens is 1. The lowest BCUT2D eigenvalue weighted by Gasteiger charge is -2.16. The van der Waals surface area contributed by atoms with Crippen LogP contribution in [0.15, 0.2) is 46.9 Å². The minimum Gasteiger partial charge on any atom is -0.375 e. The molecule has 2 nitrogen and oxygen atoms in total. The number of nitrogens with zero attached hydrogens (tertiary/aromatic N) is 1. The molecule has 0 spiro atoms. The van der Waals surface area contributed by atoms with Gasteiger partial charge in [-0.25, -0.2) is 4.39 Å². The van der Waals surface area contributed by atoms with Gasteiger partial charge in [0.25, 0.3) is 0 Å². The third-order valence-corrected chi connectivity index (χ3v) is 5.26. The number of methoxy groups -OCH3 is 1. The first kappa shape index (κ1) is 14.9. The molecule has 0 N–H and O–H groups in total. The Morgan fingerprint density at radius 3 is 2.78 bits per heavy atom. The molecule has 23 heavy (non-hydrogen) atoms. The minimum atomic E-state index is -0.204. The average molecular weight is 374 g/mol. The van der Waals surface area contributed by atoms with E-state index in [4.69, 9.17) is 4.74 Å². The third-order valence-electron chi connectivity index (χ3n) is 4.65. The van der Waals surface area contributed by atoms with Crippen LogP contribution >= 0.6 is 15.9 Å². The molecule has 4 rings (SSSR count). The molecule has 1 heterocycles. The molecule has 1 atom stereocenters. The summed E-state index contributed by atoms with van der Waals surface area (Å²) in [7, 11) is 1.75. The predicted octanol–water partition coefficient (Wildman–Crippen LogP) is 5.22. The lowest BCUT2D eigenvalue weighted by atomic mass is 10.1. The molecule has 0 saturated heterocycles. The highest BCUT2D eigenvalue weighted by molar-refractivity contribution is 9.10. The fourth-order valence-corrected chi connectivity index (χ4v) is 4.34. The number of fused-ring (bicyclic) bond motifs is 3. The van der Waals surface area contributed by atoms with Crippen LogP contribution in [0.4, 0.5) is 4.39 Å².